The monoisotopic (exact) mass is 249 g/mol. The number of hydrogen-bond acceptors (Lipinski definition) is 3. The molecule has 1 saturated heterocycles. The maximum Gasteiger partial charge on any atom is 0.0601 e. The lowest BCUT2D eigenvalue weighted by Gasteiger charge is -2.09. The third kappa shape index (κ3) is 7.44. The van der Waals surface area contributed by atoms with Crippen LogP contribution in [0.25, 0.3) is 0 Å². The van der Waals surface area contributed by atoms with Crippen molar-refractivity contribution in [2.24, 2.45) is 0 Å². The summed E-state index contributed by atoms with van der Waals surface area (Å²) in [5.41, 5.74) is 0. The topological polar surface area (TPSA) is 30.5 Å². The van der Waals surface area contributed by atoms with Crippen LogP contribution in [0.2, 0.25) is 0 Å². The predicted molar refractivity (Wildman–Crippen MR) is 67.2 cm³/mol. The van der Waals surface area contributed by atoms with E-state index >= 15 is 0 Å². The van der Waals surface area contributed by atoms with Crippen molar-refractivity contribution in [3.63, 3.8) is 0 Å². The standard InChI is InChI=1S/C12H24ClNO2/c13-6-11-15-9-3-8-14-7-1-4-12-5-2-10-16-12/h12,14H,1-11H2. The summed E-state index contributed by atoms with van der Waals surface area (Å²) in [5, 5.41) is 3.42. The fourth-order valence-electron chi connectivity index (χ4n) is 1.91. The number of halogens is 1. The van der Waals surface area contributed by atoms with Crippen LogP contribution < -0.4 is 5.32 Å². The molecule has 0 saturated carbocycles. The highest BCUT2D eigenvalue weighted by atomic mass is 35.5. The second-order valence-corrected chi connectivity index (χ2v) is 4.56. The molecule has 0 aromatic carbocycles. The Morgan fingerprint density at radius 3 is 2.88 bits per heavy atom. The van der Waals surface area contributed by atoms with Crippen molar-refractivity contribution in [2.45, 2.75) is 38.2 Å². The summed E-state index contributed by atoms with van der Waals surface area (Å²) in [4.78, 5) is 0. The van der Waals surface area contributed by atoms with Gasteiger partial charge >= 0.3 is 0 Å². The maximum absolute atomic E-state index is 5.56. The van der Waals surface area contributed by atoms with Gasteiger partial charge in [-0.05, 0) is 45.2 Å². The molecule has 1 aliphatic rings. The lowest BCUT2D eigenvalue weighted by atomic mass is 10.1. The Labute approximate surface area is 104 Å². The van der Waals surface area contributed by atoms with Crippen molar-refractivity contribution in [3.05, 3.63) is 0 Å². The summed E-state index contributed by atoms with van der Waals surface area (Å²) in [6, 6.07) is 0. The van der Waals surface area contributed by atoms with Crippen molar-refractivity contribution in [3.8, 4) is 0 Å². The Balaban J connectivity index is 1.71. The van der Waals surface area contributed by atoms with Gasteiger partial charge in [0.15, 0.2) is 0 Å². The van der Waals surface area contributed by atoms with Crippen molar-refractivity contribution in [1.82, 2.24) is 5.32 Å². The maximum atomic E-state index is 5.56. The van der Waals surface area contributed by atoms with E-state index in [0.717, 1.165) is 32.7 Å². The molecule has 1 rings (SSSR count). The van der Waals surface area contributed by atoms with Crippen LogP contribution in [0.3, 0.4) is 0 Å². The number of ether oxygens (including phenoxy) is 2. The largest absolute Gasteiger partial charge is 0.380 e. The smallest absolute Gasteiger partial charge is 0.0601 e. The molecular weight excluding hydrogens is 226 g/mol. The molecule has 4 heteroatoms. The number of hydrogen-bond donors (Lipinski definition) is 1. The van der Waals surface area contributed by atoms with E-state index in [1.54, 1.807) is 0 Å². The first-order chi connectivity index (χ1) is 7.93. The number of alkyl halides is 1. The van der Waals surface area contributed by atoms with Crippen LogP contribution in [0, 0.1) is 0 Å². The van der Waals surface area contributed by atoms with Gasteiger partial charge < -0.3 is 14.8 Å². The van der Waals surface area contributed by atoms with Crippen LogP contribution in [0.15, 0.2) is 0 Å². The Hall–Kier alpha value is 0.170. The lowest BCUT2D eigenvalue weighted by Crippen LogP contribution is -2.19. The van der Waals surface area contributed by atoms with E-state index in [0.29, 0.717) is 18.6 Å². The first-order valence-corrected chi connectivity index (χ1v) is 6.93. The van der Waals surface area contributed by atoms with Gasteiger partial charge in [-0.15, -0.1) is 11.6 Å². The third-order valence-corrected chi connectivity index (χ3v) is 2.92. The summed E-state index contributed by atoms with van der Waals surface area (Å²) in [7, 11) is 0. The van der Waals surface area contributed by atoms with E-state index in [1.807, 2.05) is 0 Å². The number of nitrogens with one attached hydrogen (secondary N) is 1. The average molecular weight is 250 g/mol. The molecule has 1 heterocycles. The second kappa shape index (κ2) is 10.3. The van der Waals surface area contributed by atoms with Crippen LogP contribution in [0.5, 0.6) is 0 Å². The van der Waals surface area contributed by atoms with Gasteiger partial charge in [-0.2, -0.15) is 0 Å². The first-order valence-electron chi connectivity index (χ1n) is 6.39. The SMILES string of the molecule is ClCCOCCCNCCCC1CCCO1. The molecule has 1 atom stereocenters. The average Bonchev–Trinajstić information content (AvgIpc) is 2.80. The fourth-order valence-corrected chi connectivity index (χ4v) is 2.02. The summed E-state index contributed by atoms with van der Waals surface area (Å²) in [6.07, 6.45) is 6.52. The molecule has 0 amide bonds. The molecule has 1 aliphatic heterocycles. The summed E-state index contributed by atoms with van der Waals surface area (Å²) in [5.74, 6) is 0.592. The predicted octanol–water partition coefficient (Wildman–Crippen LogP) is 2.18. The molecule has 3 nitrogen and oxygen atoms in total. The highest BCUT2D eigenvalue weighted by molar-refractivity contribution is 6.17. The zero-order valence-electron chi connectivity index (χ0n) is 10.0. The van der Waals surface area contributed by atoms with Gasteiger partial charge in [0.25, 0.3) is 0 Å². The molecule has 1 N–H and O–H groups in total. The van der Waals surface area contributed by atoms with Crippen LogP contribution in [0.4, 0.5) is 0 Å². The first kappa shape index (κ1) is 14.2. The minimum Gasteiger partial charge on any atom is -0.380 e. The van der Waals surface area contributed by atoms with Crippen LogP contribution in [-0.2, 0) is 9.47 Å². The van der Waals surface area contributed by atoms with Gasteiger partial charge in [-0.25, -0.2) is 0 Å². The van der Waals surface area contributed by atoms with E-state index < -0.39 is 0 Å². The third-order valence-electron chi connectivity index (χ3n) is 2.77. The second-order valence-electron chi connectivity index (χ2n) is 4.18. The van der Waals surface area contributed by atoms with E-state index in [9.17, 15) is 0 Å². The van der Waals surface area contributed by atoms with Gasteiger partial charge in [-0.1, -0.05) is 0 Å². The highest BCUT2D eigenvalue weighted by Gasteiger charge is 2.13. The Morgan fingerprint density at radius 2 is 2.12 bits per heavy atom. The van der Waals surface area contributed by atoms with Crippen LogP contribution >= 0.6 is 11.6 Å². The molecular formula is C12H24ClNO2. The van der Waals surface area contributed by atoms with Crippen molar-refractivity contribution < 1.29 is 9.47 Å². The van der Waals surface area contributed by atoms with Crippen molar-refractivity contribution in [2.75, 3.05) is 38.8 Å². The summed E-state index contributed by atoms with van der Waals surface area (Å²) >= 11 is 5.49. The minimum absolute atomic E-state index is 0.536. The fraction of sp³-hybridized carbons (Fsp3) is 1.00. The van der Waals surface area contributed by atoms with Crippen LogP contribution in [-0.4, -0.2) is 44.9 Å². The zero-order chi connectivity index (χ0) is 11.5. The van der Waals surface area contributed by atoms with Gasteiger partial charge in [0.1, 0.15) is 0 Å². The van der Waals surface area contributed by atoms with Gasteiger partial charge in [-0.3, -0.25) is 0 Å². The molecule has 0 spiro atoms. The summed E-state index contributed by atoms with van der Waals surface area (Å²) in [6.45, 7) is 4.57. The highest BCUT2D eigenvalue weighted by Crippen LogP contribution is 2.16. The van der Waals surface area contributed by atoms with E-state index in [4.69, 9.17) is 21.1 Å². The lowest BCUT2D eigenvalue weighted by molar-refractivity contribution is 0.102. The Morgan fingerprint density at radius 1 is 1.25 bits per heavy atom. The number of rotatable bonds is 10. The van der Waals surface area contributed by atoms with Gasteiger partial charge in [0, 0.05) is 19.1 Å². The normalized spacial score (nSPS) is 20.4. The molecule has 96 valence electrons. The summed E-state index contributed by atoms with van der Waals surface area (Å²) < 4.78 is 10.8. The van der Waals surface area contributed by atoms with Crippen molar-refractivity contribution in [1.29, 1.82) is 0 Å². The van der Waals surface area contributed by atoms with E-state index in [2.05, 4.69) is 5.32 Å². The van der Waals surface area contributed by atoms with Gasteiger partial charge in [0.05, 0.1) is 12.7 Å². The quantitative estimate of drug-likeness (QED) is 0.476. The molecule has 0 bridgehead atoms. The minimum atomic E-state index is 0.536. The van der Waals surface area contributed by atoms with Gasteiger partial charge in [0.2, 0.25) is 0 Å². The zero-order valence-corrected chi connectivity index (χ0v) is 10.8. The molecule has 0 aliphatic carbocycles. The van der Waals surface area contributed by atoms with E-state index in [1.165, 1.54) is 25.7 Å². The van der Waals surface area contributed by atoms with Crippen LogP contribution in [0.1, 0.15) is 32.1 Å². The molecule has 16 heavy (non-hydrogen) atoms. The molecule has 0 radical (unpaired) electrons. The Kier molecular flexibility index (Phi) is 9.19. The molecule has 1 unspecified atom stereocenters. The molecule has 1 fully saturated rings. The molecule has 0 aromatic heterocycles. The van der Waals surface area contributed by atoms with Crippen molar-refractivity contribution >= 4 is 11.6 Å². The molecule has 0 aromatic rings. The Bertz CT molecular complexity index is 152. The van der Waals surface area contributed by atoms with E-state index in [-0.39, 0.29) is 0 Å².